The second-order valence-electron chi connectivity index (χ2n) is 2.19. The van der Waals surface area contributed by atoms with Crippen LogP contribution in [0, 0.1) is 0 Å². The molecule has 1 rings (SSSR count). The first kappa shape index (κ1) is 8.68. The zero-order chi connectivity index (χ0) is 8.27. The molecule has 0 amide bonds. The number of carboxylic acid groups (broad SMARTS) is 1. The molecular weight excluding hydrogens is 331 g/mol. The van der Waals surface area contributed by atoms with Crippen LogP contribution in [0.5, 0.6) is 0 Å². The van der Waals surface area contributed by atoms with Gasteiger partial charge in [-0.3, -0.25) is 0 Å². The Morgan fingerprint density at radius 1 is 1.36 bits per heavy atom. The first-order valence-corrected chi connectivity index (χ1v) is 9.16. The summed E-state index contributed by atoms with van der Waals surface area (Å²) in [5, 5.41) is 10.3. The van der Waals surface area contributed by atoms with E-state index in [0.717, 1.165) is 3.07 Å². The van der Waals surface area contributed by atoms with E-state index in [4.69, 9.17) is 3.50 Å². The van der Waals surface area contributed by atoms with Gasteiger partial charge in [0.15, 0.2) is 0 Å². The second-order valence-corrected chi connectivity index (χ2v) is 6.95. The molecule has 0 aliphatic heterocycles. The summed E-state index contributed by atoms with van der Waals surface area (Å²) in [5.41, 5.74) is 0.218. The van der Waals surface area contributed by atoms with Gasteiger partial charge in [0.25, 0.3) is 0 Å². The maximum atomic E-state index is 10.3. The first-order valence-electron chi connectivity index (χ1n) is 3.24. The third-order valence-corrected chi connectivity index (χ3v) is 5.09. The van der Waals surface area contributed by atoms with Crippen molar-refractivity contribution in [2.24, 2.45) is 3.50 Å². The molecule has 0 radical (unpaired) electrons. The van der Waals surface area contributed by atoms with Gasteiger partial charge < -0.3 is 0 Å². The van der Waals surface area contributed by atoms with Gasteiger partial charge in [-0.05, 0) is 0 Å². The van der Waals surface area contributed by atoms with Crippen molar-refractivity contribution in [1.29, 1.82) is 0 Å². The zero-order valence-corrected chi connectivity index (χ0v) is 11.4. The molecule has 3 nitrogen and oxygen atoms in total. The minimum atomic E-state index is -1.31. The van der Waals surface area contributed by atoms with Crippen LogP contribution in [0.2, 0.25) is 0 Å². The Labute approximate surface area is 77.1 Å². The van der Waals surface area contributed by atoms with Crippen LogP contribution in [0.1, 0.15) is 10.4 Å². The van der Waals surface area contributed by atoms with E-state index < -0.39 is 30.8 Å². The molecule has 11 heavy (non-hydrogen) atoms. The molecule has 4 heteroatoms. The normalized spacial score (nSPS) is 8.82. The van der Waals surface area contributed by atoms with Crippen LogP contribution in [0.3, 0.4) is 0 Å². The molecule has 0 fully saturated rings. The van der Waals surface area contributed by atoms with Crippen LogP contribution in [0.4, 0.5) is 0 Å². The predicted molar refractivity (Wildman–Crippen MR) is 34.6 cm³/mol. The van der Waals surface area contributed by atoms with Crippen LogP contribution < -0.4 is 11.7 Å². The standard InChI is InChI=1S/C7H5O2.Hg.H2N/c8-7(9)6-4-2-1-3-5-6;;/h2-5H,(H,8,9);;1H2/q;+1;-1/p-1. The number of rotatable bonds is 2. The van der Waals surface area contributed by atoms with Crippen molar-refractivity contribution in [2.45, 2.75) is 0 Å². The molecular formula is C7H6HgNO2-. The third-order valence-electron chi connectivity index (χ3n) is 1.43. The SMILES string of the molecule is [NH2][Hg][c]1ccc(C(=O)[O-])cc1. The fourth-order valence-electron chi connectivity index (χ4n) is 0.777. The van der Waals surface area contributed by atoms with E-state index >= 15 is 0 Å². The number of hydrogen-bond donors (Lipinski definition) is 1. The van der Waals surface area contributed by atoms with Crippen molar-refractivity contribution in [1.82, 2.24) is 0 Å². The van der Waals surface area contributed by atoms with E-state index in [2.05, 4.69) is 0 Å². The minimum absolute atomic E-state index is 0.218. The van der Waals surface area contributed by atoms with E-state index in [1.807, 2.05) is 0 Å². The number of hydrogen-bond acceptors (Lipinski definition) is 3. The Balaban J connectivity index is 2.91. The Bertz CT molecular complexity index is 258. The van der Waals surface area contributed by atoms with Gasteiger partial charge in [-0.15, -0.1) is 0 Å². The molecule has 1 aromatic rings. The average molecular weight is 337 g/mol. The van der Waals surface area contributed by atoms with Crippen molar-refractivity contribution < 1.29 is 34.8 Å². The summed E-state index contributed by atoms with van der Waals surface area (Å²) in [6, 6.07) is 6.62. The first-order chi connectivity index (χ1) is 5.24. The molecule has 0 aliphatic rings. The molecule has 0 bridgehead atoms. The monoisotopic (exact) mass is 338 g/mol. The molecule has 0 unspecified atom stereocenters. The molecule has 54 valence electrons. The Morgan fingerprint density at radius 2 is 1.91 bits per heavy atom. The Kier molecular flexibility index (Phi) is 3.02. The summed E-state index contributed by atoms with van der Waals surface area (Å²) in [7, 11) is 0. The van der Waals surface area contributed by atoms with Crippen LogP contribution in [0.15, 0.2) is 24.3 Å². The molecule has 0 heterocycles. The molecule has 0 aromatic heterocycles. The van der Waals surface area contributed by atoms with E-state index in [1.165, 1.54) is 12.1 Å². The van der Waals surface area contributed by atoms with Crippen molar-refractivity contribution in [3.63, 3.8) is 0 Å². The molecule has 0 spiro atoms. The zero-order valence-electron chi connectivity index (χ0n) is 5.91. The number of nitrogens with two attached hydrogens (primary N) is 1. The van der Waals surface area contributed by atoms with Gasteiger partial charge in [0.05, 0.1) is 0 Å². The number of aromatic carboxylic acids is 1. The van der Waals surface area contributed by atoms with Gasteiger partial charge in [-0.1, -0.05) is 0 Å². The number of carbonyl (C=O) groups excluding carboxylic acids is 1. The summed E-state index contributed by atoms with van der Waals surface area (Å²) >= 11 is -1.31. The van der Waals surface area contributed by atoms with Crippen molar-refractivity contribution in [2.75, 3.05) is 0 Å². The van der Waals surface area contributed by atoms with Crippen LogP contribution >= 0.6 is 0 Å². The number of carboxylic acids is 1. The Morgan fingerprint density at radius 3 is 2.27 bits per heavy atom. The maximum absolute atomic E-state index is 10.3. The average Bonchev–Trinajstić information content (AvgIpc) is 2.05. The molecule has 0 atom stereocenters. The molecule has 0 aliphatic carbocycles. The van der Waals surface area contributed by atoms with Crippen LogP contribution in [0.25, 0.3) is 0 Å². The fourth-order valence-corrected chi connectivity index (χ4v) is 2.75. The van der Waals surface area contributed by atoms with E-state index in [-0.39, 0.29) is 5.56 Å². The molecule has 2 N–H and O–H groups in total. The summed E-state index contributed by atoms with van der Waals surface area (Å²) in [5.74, 6) is -1.13. The number of carbonyl (C=O) groups is 1. The molecule has 1 aromatic carbocycles. The van der Waals surface area contributed by atoms with Crippen molar-refractivity contribution >= 4 is 9.04 Å². The summed E-state index contributed by atoms with van der Waals surface area (Å²) in [4.78, 5) is 10.3. The van der Waals surface area contributed by atoms with E-state index in [9.17, 15) is 9.90 Å². The summed E-state index contributed by atoms with van der Waals surface area (Å²) < 4.78 is 6.67. The molecule has 0 saturated heterocycles. The van der Waals surface area contributed by atoms with Crippen LogP contribution in [-0.2, 0) is 24.9 Å². The van der Waals surface area contributed by atoms with Gasteiger partial charge in [-0.2, -0.15) is 0 Å². The van der Waals surface area contributed by atoms with E-state index in [0.29, 0.717) is 0 Å². The fraction of sp³-hybridized carbons (Fsp3) is 0. The quantitative estimate of drug-likeness (QED) is 0.678. The van der Waals surface area contributed by atoms with Gasteiger partial charge in [0, 0.05) is 0 Å². The van der Waals surface area contributed by atoms with Gasteiger partial charge >= 0.3 is 77.1 Å². The third kappa shape index (κ3) is 2.27. The van der Waals surface area contributed by atoms with E-state index in [1.54, 1.807) is 12.1 Å². The summed E-state index contributed by atoms with van der Waals surface area (Å²) in [6.07, 6.45) is 0. The van der Waals surface area contributed by atoms with Gasteiger partial charge in [-0.25, -0.2) is 0 Å². The van der Waals surface area contributed by atoms with Gasteiger partial charge in [0.1, 0.15) is 0 Å². The second kappa shape index (κ2) is 3.83. The van der Waals surface area contributed by atoms with Crippen molar-refractivity contribution in [3.8, 4) is 0 Å². The van der Waals surface area contributed by atoms with Crippen LogP contribution in [-0.4, -0.2) is 5.97 Å². The topological polar surface area (TPSA) is 66.2 Å². The van der Waals surface area contributed by atoms with Crippen molar-refractivity contribution in [3.05, 3.63) is 29.8 Å². The molecule has 0 saturated carbocycles. The van der Waals surface area contributed by atoms with Gasteiger partial charge in [0.2, 0.25) is 0 Å². The predicted octanol–water partition coefficient (Wildman–Crippen LogP) is -1.37. The number of benzene rings is 1. The summed E-state index contributed by atoms with van der Waals surface area (Å²) in [6.45, 7) is 0. The Hall–Kier alpha value is -0.415.